The minimum Gasteiger partial charge on any atom is -0.409 e. The molecule has 0 rings (SSSR count). The van der Waals surface area contributed by atoms with Gasteiger partial charge in [-0.15, -0.1) is 0 Å². The SMILES string of the molecule is CC(C)OCCN(C)CC/C(N)=N/O. The molecule has 0 spiro atoms. The Bertz CT molecular complexity index is 171. The molecule has 5 heteroatoms. The first kappa shape index (κ1) is 13.2. The van der Waals surface area contributed by atoms with Gasteiger partial charge >= 0.3 is 0 Å². The fourth-order valence-corrected chi connectivity index (χ4v) is 0.911. The zero-order chi connectivity index (χ0) is 11.0. The second-order valence-corrected chi connectivity index (χ2v) is 3.56. The number of hydrogen-bond acceptors (Lipinski definition) is 4. The van der Waals surface area contributed by atoms with Crippen LogP contribution in [0.1, 0.15) is 20.3 Å². The van der Waals surface area contributed by atoms with Crippen LogP contribution in [0, 0.1) is 0 Å². The van der Waals surface area contributed by atoms with Crippen LogP contribution in [-0.4, -0.2) is 48.8 Å². The first-order valence-electron chi connectivity index (χ1n) is 4.82. The number of rotatable bonds is 7. The molecule has 14 heavy (non-hydrogen) atoms. The number of ether oxygens (including phenoxy) is 1. The van der Waals surface area contributed by atoms with E-state index in [-0.39, 0.29) is 11.9 Å². The van der Waals surface area contributed by atoms with Crippen LogP contribution in [0.5, 0.6) is 0 Å². The lowest BCUT2D eigenvalue weighted by atomic mass is 10.3. The van der Waals surface area contributed by atoms with Crippen molar-refractivity contribution in [1.29, 1.82) is 0 Å². The first-order chi connectivity index (χ1) is 6.56. The molecule has 0 aromatic heterocycles. The second-order valence-electron chi connectivity index (χ2n) is 3.56. The molecule has 0 aliphatic carbocycles. The predicted octanol–water partition coefficient (Wildman–Crippen LogP) is 0.480. The lowest BCUT2D eigenvalue weighted by Crippen LogP contribution is -2.28. The standard InChI is InChI=1S/C9H21N3O2/c1-8(2)14-7-6-12(3)5-4-9(10)11-13/h8,13H,4-7H2,1-3H3,(H2,10,11). The maximum atomic E-state index is 8.32. The van der Waals surface area contributed by atoms with Gasteiger partial charge in [0, 0.05) is 19.5 Å². The van der Waals surface area contributed by atoms with Crippen molar-refractivity contribution < 1.29 is 9.94 Å². The molecule has 0 heterocycles. The molecule has 0 aliphatic heterocycles. The largest absolute Gasteiger partial charge is 0.409 e. The molecule has 0 fully saturated rings. The summed E-state index contributed by atoms with van der Waals surface area (Å²) in [6, 6.07) is 0. The summed E-state index contributed by atoms with van der Waals surface area (Å²) in [5.41, 5.74) is 5.34. The highest BCUT2D eigenvalue weighted by Crippen LogP contribution is 1.91. The van der Waals surface area contributed by atoms with Gasteiger partial charge in [0.1, 0.15) is 5.84 Å². The molecule has 5 nitrogen and oxygen atoms in total. The molecule has 0 unspecified atom stereocenters. The molecule has 84 valence electrons. The highest BCUT2D eigenvalue weighted by Gasteiger charge is 2.01. The highest BCUT2D eigenvalue weighted by atomic mass is 16.5. The maximum absolute atomic E-state index is 8.32. The summed E-state index contributed by atoms with van der Waals surface area (Å²) in [6.45, 7) is 6.37. The Balaban J connectivity index is 3.41. The van der Waals surface area contributed by atoms with Crippen LogP contribution in [0.3, 0.4) is 0 Å². The highest BCUT2D eigenvalue weighted by molar-refractivity contribution is 5.79. The molecule has 0 radical (unpaired) electrons. The molecule has 0 amide bonds. The van der Waals surface area contributed by atoms with Gasteiger partial charge in [-0.05, 0) is 20.9 Å². The van der Waals surface area contributed by atoms with Gasteiger partial charge in [0.15, 0.2) is 0 Å². The predicted molar refractivity (Wildman–Crippen MR) is 56.6 cm³/mol. The lowest BCUT2D eigenvalue weighted by molar-refractivity contribution is 0.0643. The van der Waals surface area contributed by atoms with Crippen molar-refractivity contribution in [1.82, 2.24) is 4.90 Å². The fourth-order valence-electron chi connectivity index (χ4n) is 0.911. The molecule has 0 aromatic carbocycles. The number of nitrogens with zero attached hydrogens (tertiary/aromatic N) is 2. The number of hydrogen-bond donors (Lipinski definition) is 2. The molecule has 0 aliphatic rings. The van der Waals surface area contributed by atoms with Crippen molar-refractivity contribution in [3.05, 3.63) is 0 Å². The van der Waals surface area contributed by atoms with Gasteiger partial charge in [-0.1, -0.05) is 5.16 Å². The second kappa shape index (κ2) is 7.58. The third kappa shape index (κ3) is 7.82. The topological polar surface area (TPSA) is 71.1 Å². The van der Waals surface area contributed by atoms with E-state index in [4.69, 9.17) is 15.7 Å². The van der Waals surface area contributed by atoms with Gasteiger partial charge in [0.05, 0.1) is 12.7 Å². The molecular formula is C9H21N3O2. The summed E-state index contributed by atoms with van der Waals surface area (Å²) in [6.07, 6.45) is 0.849. The van der Waals surface area contributed by atoms with E-state index in [0.29, 0.717) is 13.0 Å². The van der Waals surface area contributed by atoms with E-state index >= 15 is 0 Å². The Morgan fingerprint density at radius 3 is 2.64 bits per heavy atom. The Labute approximate surface area is 85.5 Å². The van der Waals surface area contributed by atoms with Gasteiger partial charge in [-0.3, -0.25) is 0 Å². The smallest absolute Gasteiger partial charge is 0.140 e. The van der Waals surface area contributed by atoms with Crippen LogP contribution < -0.4 is 5.73 Å². The van der Waals surface area contributed by atoms with Gasteiger partial charge in [0.2, 0.25) is 0 Å². The van der Waals surface area contributed by atoms with Crippen molar-refractivity contribution in [3.63, 3.8) is 0 Å². The van der Waals surface area contributed by atoms with Crippen molar-refractivity contribution >= 4 is 5.84 Å². The molecule has 0 atom stereocenters. The van der Waals surface area contributed by atoms with E-state index in [1.54, 1.807) is 0 Å². The van der Waals surface area contributed by atoms with Crippen LogP contribution in [0.2, 0.25) is 0 Å². The number of likely N-dealkylation sites (N-methyl/N-ethyl adjacent to an activating group) is 1. The Morgan fingerprint density at radius 2 is 2.14 bits per heavy atom. The quantitative estimate of drug-likeness (QED) is 0.273. The van der Waals surface area contributed by atoms with E-state index < -0.39 is 0 Å². The summed E-state index contributed by atoms with van der Waals surface area (Å²) < 4.78 is 5.39. The third-order valence-corrected chi connectivity index (χ3v) is 1.80. The minimum atomic E-state index is 0.265. The lowest BCUT2D eigenvalue weighted by Gasteiger charge is -2.16. The summed E-state index contributed by atoms with van der Waals surface area (Å²) >= 11 is 0. The first-order valence-corrected chi connectivity index (χ1v) is 4.82. The van der Waals surface area contributed by atoms with E-state index in [9.17, 15) is 0 Å². The van der Waals surface area contributed by atoms with Gasteiger partial charge < -0.3 is 20.6 Å². The Hall–Kier alpha value is -0.810. The maximum Gasteiger partial charge on any atom is 0.140 e. The van der Waals surface area contributed by atoms with Crippen molar-refractivity contribution in [2.75, 3.05) is 26.7 Å². The minimum absolute atomic E-state index is 0.265. The van der Waals surface area contributed by atoms with Crippen LogP contribution in [0.15, 0.2) is 5.16 Å². The number of amidine groups is 1. The van der Waals surface area contributed by atoms with Crippen LogP contribution in [0.25, 0.3) is 0 Å². The van der Waals surface area contributed by atoms with Gasteiger partial charge in [-0.25, -0.2) is 0 Å². The monoisotopic (exact) mass is 203 g/mol. The molecule has 0 saturated heterocycles. The fraction of sp³-hybridized carbons (Fsp3) is 0.889. The van der Waals surface area contributed by atoms with E-state index in [1.165, 1.54) is 0 Å². The number of nitrogens with two attached hydrogens (primary N) is 1. The van der Waals surface area contributed by atoms with E-state index in [2.05, 4.69) is 10.1 Å². The Kier molecular flexibility index (Phi) is 7.14. The van der Waals surface area contributed by atoms with Crippen molar-refractivity contribution in [3.8, 4) is 0 Å². The molecule has 0 aromatic rings. The van der Waals surface area contributed by atoms with E-state index in [1.807, 2.05) is 20.9 Å². The Morgan fingerprint density at radius 1 is 1.50 bits per heavy atom. The average Bonchev–Trinajstić information content (AvgIpc) is 2.13. The molecule has 0 bridgehead atoms. The summed E-state index contributed by atoms with van der Waals surface area (Å²) in [5, 5.41) is 11.2. The van der Waals surface area contributed by atoms with Crippen molar-refractivity contribution in [2.24, 2.45) is 10.9 Å². The van der Waals surface area contributed by atoms with Gasteiger partial charge in [0.25, 0.3) is 0 Å². The zero-order valence-corrected chi connectivity index (χ0v) is 9.23. The van der Waals surface area contributed by atoms with Crippen LogP contribution >= 0.6 is 0 Å². The summed E-state index contributed by atoms with van der Waals surface area (Å²) in [4.78, 5) is 2.08. The normalized spacial score (nSPS) is 12.8. The van der Waals surface area contributed by atoms with Crippen molar-refractivity contribution in [2.45, 2.75) is 26.4 Å². The molecule has 3 N–H and O–H groups in total. The summed E-state index contributed by atoms with van der Waals surface area (Å²) in [7, 11) is 1.98. The third-order valence-electron chi connectivity index (χ3n) is 1.80. The van der Waals surface area contributed by atoms with Gasteiger partial charge in [-0.2, -0.15) is 0 Å². The van der Waals surface area contributed by atoms with Crippen LogP contribution in [-0.2, 0) is 4.74 Å². The molecular weight excluding hydrogens is 182 g/mol. The summed E-state index contributed by atoms with van der Waals surface area (Å²) in [5.74, 6) is 0.265. The zero-order valence-electron chi connectivity index (χ0n) is 9.23. The van der Waals surface area contributed by atoms with Crippen LogP contribution in [0.4, 0.5) is 0 Å². The molecule has 0 saturated carbocycles. The van der Waals surface area contributed by atoms with E-state index in [0.717, 1.165) is 13.1 Å². The number of oxime groups is 1. The average molecular weight is 203 g/mol.